The van der Waals surface area contributed by atoms with Crippen LogP contribution < -0.4 is 5.32 Å². The first kappa shape index (κ1) is 15.0. The number of amides is 2. The molecule has 2 amide bonds. The fourth-order valence-electron chi connectivity index (χ4n) is 1.92. The molecule has 1 heterocycles. The summed E-state index contributed by atoms with van der Waals surface area (Å²) in [6, 6.07) is 11.1. The maximum absolute atomic E-state index is 12.3. The lowest BCUT2D eigenvalue weighted by Gasteiger charge is -2.22. The molecule has 1 aromatic carbocycles. The van der Waals surface area contributed by atoms with Crippen LogP contribution in [0.4, 0.5) is 10.5 Å². The van der Waals surface area contributed by atoms with Crippen LogP contribution in [-0.2, 0) is 6.54 Å². The molecule has 0 radical (unpaired) electrons. The van der Waals surface area contributed by atoms with Gasteiger partial charge in [0.1, 0.15) is 0 Å². The second kappa shape index (κ2) is 7.40. The van der Waals surface area contributed by atoms with E-state index in [0.29, 0.717) is 6.54 Å². The van der Waals surface area contributed by atoms with Crippen LogP contribution in [0, 0.1) is 6.92 Å². The van der Waals surface area contributed by atoms with Crippen molar-refractivity contribution in [3.05, 3.63) is 59.9 Å². The van der Waals surface area contributed by atoms with E-state index in [-0.39, 0.29) is 19.2 Å². The monoisotopic (exact) mass is 285 g/mol. The number of nitrogens with one attached hydrogen (secondary N) is 1. The summed E-state index contributed by atoms with van der Waals surface area (Å²) in [7, 11) is 0. The molecule has 2 aromatic rings. The number of urea groups is 1. The quantitative estimate of drug-likeness (QED) is 0.886. The lowest BCUT2D eigenvalue weighted by atomic mass is 10.2. The number of hydrogen-bond acceptors (Lipinski definition) is 3. The van der Waals surface area contributed by atoms with Crippen molar-refractivity contribution in [2.75, 3.05) is 18.5 Å². The molecule has 0 bridgehead atoms. The Morgan fingerprint density at radius 2 is 2.05 bits per heavy atom. The highest BCUT2D eigenvalue weighted by Gasteiger charge is 2.13. The third-order valence-electron chi connectivity index (χ3n) is 3.06. The number of nitrogens with zero attached hydrogens (tertiary/aromatic N) is 2. The van der Waals surface area contributed by atoms with Gasteiger partial charge in [0.05, 0.1) is 6.61 Å². The topological polar surface area (TPSA) is 65.5 Å². The number of carbonyl (C=O) groups excluding carboxylic acids is 1. The summed E-state index contributed by atoms with van der Waals surface area (Å²) in [5.41, 5.74) is 2.79. The zero-order chi connectivity index (χ0) is 15.1. The Morgan fingerprint density at radius 1 is 1.29 bits per heavy atom. The number of aliphatic hydroxyl groups excluding tert-OH is 1. The fourth-order valence-corrected chi connectivity index (χ4v) is 1.92. The predicted octanol–water partition coefficient (Wildman–Crippen LogP) is 2.42. The van der Waals surface area contributed by atoms with Gasteiger partial charge in [-0.3, -0.25) is 4.98 Å². The van der Waals surface area contributed by atoms with Gasteiger partial charge in [0, 0.05) is 31.2 Å². The maximum atomic E-state index is 12.3. The summed E-state index contributed by atoms with van der Waals surface area (Å²) < 4.78 is 0. The number of hydrogen-bond donors (Lipinski definition) is 2. The predicted molar refractivity (Wildman–Crippen MR) is 81.9 cm³/mol. The molecular weight excluding hydrogens is 266 g/mol. The summed E-state index contributed by atoms with van der Waals surface area (Å²) in [5.74, 6) is 0. The van der Waals surface area contributed by atoms with Crippen LogP contribution in [0.1, 0.15) is 11.1 Å². The van der Waals surface area contributed by atoms with Gasteiger partial charge in [-0.15, -0.1) is 0 Å². The summed E-state index contributed by atoms with van der Waals surface area (Å²) >= 11 is 0. The molecule has 0 aliphatic rings. The van der Waals surface area contributed by atoms with Gasteiger partial charge >= 0.3 is 6.03 Å². The van der Waals surface area contributed by atoms with Crippen molar-refractivity contribution in [3.63, 3.8) is 0 Å². The summed E-state index contributed by atoms with van der Waals surface area (Å²) in [4.78, 5) is 17.9. The highest BCUT2D eigenvalue weighted by Crippen LogP contribution is 2.11. The molecule has 2 rings (SSSR count). The Morgan fingerprint density at radius 3 is 2.67 bits per heavy atom. The van der Waals surface area contributed by atoms with Crippen molar-refractivity contribution in [1.29, 1.82) is 0 Å². The largest absolute Gasteiger partial charge is 0.395 e. The van der Waals surface area contributed by atoms with Crippen LogP contribution in [0.3, 0.4) is 0 Å². The van der Waals surface area contributed by atoms with Crippen LogP contribution in [0.5, 0.6) is 0 Å². The number of carbonyl (C=O) groups is 1. The number of aryl methyl sites for hydroxylation is 1. The molecule has 0 atom stereocenters. The molecule has 5 heteroatoms. The van der Waals surface area contributed by atoms with Crippen molar-refractivity contribution in [3.8, 4) is 0 Å². The smallest absolute Gasteiger partial charge is 0.322 e. The Balaban J connectivity index is 2.03. The molecule has 0 aliphatic heterocycles. The SMILES string of the molecule is Cc1ccc(NC(=O)N(CCO)Cc2cccnc2)cc1. The van der Waals surface area contributed by atoms with E-state index < -0.39 is 0 Å². The van der Waals surface area contributed by atoms with Crippen molar-refractivity contribution in [1.82, 2.24) is 9.88 Å². The summed E-state index contributed by atoms with van der Waals surface area (Å²) in [5, 5.41) is 12.0. The Hall–Kier alpha value is -2.40. The lowest BCUT2D eigenvalue weighted by molar-refractivity contribution is 0.185. The van der Waals surface area contributed by atoms with E-state index in [0.717, 1.165) is 16.8 Å². The molecule has 21 heavy (non-hydrogen) atoms. The Kier molecular flexibility index (Phi) is 5.29. The third kappa shape index (κ3) is 4.57. The van der Waals surface area contributed by atoms with Crippen LogP contribution in [0.15, 0.2) is 48.8 Å². The van der Waals surface area contributed by atoms with Crippen LogP contribution in [-0.4, -0.2) is 34.2 Å². The number of aliphatic hydroxyl groups is 1. The van der Waals surface area contributed by atoms with E-state index in [9.17, 15) is 4.79 Å². The first-order chi connectivity index (χ1) is 10.2. The highest BCUT2D eigenvalue weighted by molar-refractivity contribution is 5.89. The standard InChI is InChI=1S/C16H19N3O2/c1-13-4-6-15(7-5-13)18-16(21)19(9-10-20)12-14-3-2-8-17-11-14/h2-8,11,20H,9-10,12H2,1H3,(H,18,21). The molecule has 0 saturated carbocycles. The van der Waals surface area contributed by atoms with E-state index in [1.165, 1.54) is 0 Å². The van der Waals surface area contributed by atoms with Gasteiger partial charge in [-0.25, -0.2) is 4.79 Å². The minimum atomic E-state index is -0.239. The fraction of sp³-hybridized carbons (Fsp3) is 0.250. The van der Waals surface area contributed by atoms with E-state index in [1.807, 2.05) is 43.3 Å². The van der Waals surface area contributed by atoms with Crippen LogP contribution in [0.25, 0.3) is 0 Å². The first-order valence-corrected chi connectivity index (χ1v) is 6.81. The minimum Gasteiger partial charge on any atom is -0.395 e. The van der Waals surface area contributed by atoms with Crippen molar-refractivity contribution in [2.24, 2.45) is 0 Å². The van der Waals surface area contributed by atoms with Crippen LogP contribution in [0.2, 0.25) is 0 Å². The van der Waals surface area contributed by atoms with Gasteiger partial charge < -0.3 is 15.3 Å². The van der Waals surface area contributed by atoms with Gasteiger partial charge in [-0.2, -0.15) is 0 Å². The van der Waals surface area contributed by atoms with E-state index in [1.54, 1.807) is 17.3 Å². The number of benzene rings is 1. The van der Waals surface area contributed by atoms with Gasteiger partial charge in [-0.1, -0.05) is 23.8 Å². The van der Waals surface area contributed by atoms with Gasteiger partial charge in [0.25, 0.3) is 0 Å². The molecule has 1 aromatic heterocycles. The van der Waals surface area contributed by atoms with Gasteiger partial charge in [0.15, 0.2) is 0 Å². The average Bonchev–Trinajstić information content (AvgIpc) is 2.50. The number of anilines is 1. The zero-order valence-corrected chi connectivity index (χ0v) is 12.0. The number of pyridine rings is 1. The molecule has 0 aliphatic carbocycles. The Labute approximate surface area is 124 Å². The molecule has 0 fully saturated rings. The van der Waals surface area contributed by atoms with E-state index in [4.69, 9.17) is 5.11 Å². The molecule has 0 spiro atoms. The molecule has 110 valence electrons. The van der Waals surface area contributed by atoms with Gasteiger partial charge in [0.2, 0.25) is 0 Å². The van der Waals surface area contributed by atoms with Crippen molar-refractivity contribution < 1.29 is 9.90 Å². The second-order valence-electron chi connectivity index (χ2n) is 4.80. The second-order valence-corrected chi connectivity index (χ2v) is 4.80. The minimum absolute atomic E-state index is 0.0818. The molecular formula is C16H19N3O2. The number of rotatable bonds is 5. The molecule has 5 nitrogen and oxygen atoms in total. The third-order valence-corrected chi connectivity index (χ3v) is 3.06. The molecule has 0 unspecified atom stereocenters. The van der Waals surface area contributed by atoms with Gasteiger partial charge in [-0.05, 0) is 30.7 Å². The summed E-state index contributed by atoms with van der Waals surface area (Å²) in [6.45, 7) is 2.59. The summed E-state index contributed by atoms with van der Waals surface area (Å²) in [6.07, 6.45) is 3.40. The first-order valence-electron chi connectivity index (χ1n) is 6.81. The van der Waals surface area contributed by atoms with Crippen molar-refractivity contribution in [2.45, 2.75) is 13.5 Å². The molecule has 0 saturated heterocycles. The maximum Gasteiger partial charge on any atom is 0.322 e. The normalized spacial score (nSPS) is 10.2. The average molecular weight is 285 g/mol. The van der Waals surface area contributed by atoms with Crippen LogP contribution >= 0.6 is 0 Å². The van der Waals surface area contributed by atoms with Crippen molar-refractivity contribution >= 4 is 11.7 Å². The Bertz CT molecular complexity index is 570. The highest BCUT2D eigenvalue weighted by atomic mass is 16.3. The van der Waals surface area contributed by atoms with E-state index in [2.05, 4.69) is 10.3 Å². The lowest BCUT2D eigenvalue weighted by Crippen LogP contribution is -2.36. The number of aromatic nitrogens is 1. The van der Waals surface area contributed by atoms with E-state index >= 15 is 0 Å². The molecule has 2 N–H and O–H groups in total. The zero-order valence-electron chi connectivity index (χ0n) is 12.0.